The number of carbonyl (C=O) groups is 2. The van der Waals surface area contributed by atoms with E-state index in [1.807, 2.05) is 24.3 Å². The van der Waals surface area contributed by atoms with E-state index in [-0.39, 0.29) is 24.1 Å². The lowest BCUT2D eigenvalue weighted by Crippen LogP contribution is -2.11. The number of hydrogen-bond donors (Lipinski definition) is 2. The van der Waals surface area contributed by atoms with Crippen molar-refractivity contribution in [1.29, 1.82) is 0 Å². The van der Waals surface area contributed by atoms with Crippen LogP contribution in [0.2, 0.25) is 0 Å². The summed E-state index contributed by atoms with van der Waals surface area (Å²) in [7, 11) is 0. The Hall–Kier alpha value is -2.70. The summed E-state index contributed by atoms with van der Waals surface area (Å²) in [5.41, 5.74) is 1.88. The van der Waals surface area contributed by atoms with Gasteiger partial charge < -0.3 is 10.2 Å². The van der Waals surface area contributed by atoms with Crippen LogP contribution in [0.5, 0.6) is 0 Å². The molecule has 2 aromatic rings. The summed E-state index contributed by atoms with van der Waals surface area (Å²) in [6.07, 6.45) is -0.157. The number of aliphatic carboxylic acids is 1. The highest BCUT2D eigenvalue weighted by atomic mass is 16.4. The van der Waals surface area contributed by atoms with Crippen LogP contribution in [-0.4, -0.2) is 37.1 Å². The van der Waals surface area contributed by atoms with Crippen molar-refractivity contribution in [2.45, 2.75) is 39.2 Å². The van der Waals surface area contributed by atoms with E-state index in [0.29, 0.717) is 11.3 Å². The number of benzene rings is 1. The molecule has 1 aromatic carbocycles. The quantitative estimate of drug-likeness (QED) is 0.877. The second-order valence-electron chi connectivity index (χ2n) is 6.29. The SMILES string of the molecule is CC(C)(C)c1ccc(-c2c(C(=O)O)nnn2CCC(=O)O)cc1. The van der Waals surface area contributed by atoms with Crippen molar-refractivity contribution >= 4 is 11.9 Å². The summed E-state index contributed by atoms with van der Waals surface area (Å²) < 4.78 is 1.32. The topological polar surface area (TPSA) is 105 Å². The standard InChI is InChI=1S/C16H19N3O4/c1-16(2,3)11-6-4-10(5-7-11)14-13(15(22)23)17-18-19(14)9-8-12(20)21/h4-7H,8-9H2,1-3H3,(H,20,21)(H,22,23). The molecule has 0 atom stereocenters. The molecule has 0 aliphatic heterocycles. The van der Waals surface area contributed by atoms with Crippen molar-refractivity contribution in [3.05, 3.63) is 35.5 Å². The summed E-state index contributed by atoms with van der Waals surface area (Å²) in [6, 6.07) is 7.47. The molecule has 2 rings (SSSR count). The second-order valence-corrected chi connectivity index (χ2v) is 6.29. The van der Waals surface area contributed by atoms with E-state index in [4.69, 9.17) is 5.11 Å². The Labute approximate surface area is 133 Å². The Kier molecular flexibility index (Phi) is 4.49. The molecule has 2 N–H and O–H groups in total. The van der Waals surface area contributed by atoms with Crippen LogP contribution in [-0.2, 0) is 16.8 Å². The Balaban J connectivity index is 2.45. The summed E-state index contributed by atoms with van der Waals surface area (Å²) in [6.45, 7) is 6.32. The summed E-state index contributed by atoms with van der Waals surface area (Å²) in [4.78, 5) is 22.1. The van der Waals surface area contributed by atoms with Crippen LogP contribution in [0.3, 0.4) is 0 Å². The molecule has 23 heavy (non-hydrogen) atoms. The molecule has 0 spiro atoms. The van der Waals surface area contributed by atoms with E-state index in [1.54, 1.807) is 0 Å². The van der Waals surface area contributed by atoms with Gasteiger partial charge in [-0.1, -0.05) is 50.3 Å². The lowest BCUT2D eigenvalue weighted by Gasteiger charge is -2.19. The minimum absolute atomic E-state index is 0.0179. The van der Waals surface area contributed by atoms with E-state index >= 15 is 0 Å². The van der Waals surface area contributed by atoms with Crippen molar-refractivity contribution in [3.63, 3.8) is 0 Å². The van der Waals surface area contributed by atoms with Gasteiger partial charge in [0.15, 0.2) is 5.69 Å². The minimum Gasteiger partial charge on any atom is -0.481 e. The lowest BCUT2D eigenvalue weighted by molar-refractivity contribution is -0.137. The van der Waals surface area contributed by atoms with Crippen molar-refractivity contribution in [1.82, 2.24) is 15.0 Å². The molecular formula is C16H19N3O4. The van der Waals surface area contributed by atoms with Gasteiger partial charge >= 0.3 is 11.9 Å². The molecule has 0 fully saturated rings. The number of hydrogen-bond acceptors (Lipinski definition) is 4. The second kappa shape index (κ2) is 6.20. The van der Waals surface area contributed by atoms with Gasteiger partial charge in [0.05, 0.1) is 13.0 Å². The Morgan fingerprint density at radius 2 is 1.74 bits per heavy atom. The zero-order chi connectivity index (χ0) is 17.2. The molecule has 1 heterocycles. The van der Waals surface area contributed by atoms with E-state index in [2.05, 4.69) is 31.1 Å². The highest BCUT2D eigenvalue weighted by Gasteiger charge is 2.21. The van der Waals surface area contributed by atoms with Gasteiger partial charge in [-0.2, -0.15) is 0 Å². The molecule has 1 aromatic heterocycles. The minimum atomic E-state index is -1.19. The van der Waals surface area contributed by atoms with E-state index in [9.17, 15) is 14.7 Å². The van der Waals surface area contributed by atoms with E-state index in [1.165, 1.54) is 4.68 Å². The van der Waals surface area contributed by atoms with Gasteiger partial charge in [-0.15, -0.1) is 5.10 Å². The van der Waals surface area contributed by atoms with Crippen molar-refractivity contribution in [2.75, 3.05) is 0 Å². The smallest absolute Gasteiger partial charge is 0.358 e. The van der Waals surface area contributed by atoms with Gasteiger partial charge in [0, 0.05) is 5.56 Å². The Morgan fingerprint density at radius 1 is 1.13 bits per heavy atom. The van der Waals surface area contributed by atoms with Crippen LogP contribution in [0.1, 0.15) is 43.2 Å². The van der Waals surface area contributed by atoms with Crippen LogP contribution in [0, 0.1) is 0 Å². The van der Waals surface area contributed by atoms with Crippen LogP contribution in [0.25, 0.3) is 11.3 Å². The molecule has 0 aliphatic carbocycles. The Morgan fingerprint density at radius 3 is 2.22 bits per heavy atom. The van der Waals surface area contributed by atoms with Crippen LogP contribution in [0.4, 0.5) is 0 Å². The van der Waals surface area contributed by atoms with Gasteiger partial charge in [-0.3, -0.25) is 4.79 Å². The number of aromatic carboxylic acids is 1. The molecule has 0 saturated heterocycles. The first-order valence-electron chi connectivity index (χ1n) is 7.19. The van der Waals surface area contributed by atoms with Crippen molar-refractivity contribution in [3.8, 4) is 11.3 Å². The average molecular weight is 317 g/mol. The van der Waals surface area contributed by atoms with Gasteiger partial charge in [0.1, 0.15) is 5.69 Å². The number of nitrogens with zero attached hydrogens (tertiary/aromatic N) is 3. The summed E-state index contributed by atoms with van der Waals surface area (Å²) in [5, 5.41) is 25.5. The fourth-order valence-electron chi connectivity index (χ4n) is 2.23. The third kappa shape index (κ3) is 3.74. The first-order valence-corrected chi connectivity index (χ1v) is 7.19. The van der Waals surface area contributed by atoms with Crippen molar-refractivity contribution < 1.29 is 19.8 Å². The van der Waals surface area contributed by atoms with Gasteiger partial charge in [0.2, 0.25) is 0 Å². The van der Waals surface area contributed by atoms with Crippen LogP contribution in [0.15, 0.2) is 24.3 Å². The molecule has 7 heteroatoms. The van der Waals surface area contributed by atoms with Crippen LogP contribution < -0.4 is 0 Å². The number of carboxylic acids is 2. The Bertz CT molecular complexity index is 727. The third-order valence-electron chi connectivity index (χ3n) is 3.50. The van der Waals surface area contributed by atoms with Crippen LogP contribution >= 0.6 is 0 Å². The highest BCUT2D eigenvalue weighted by molar-refractivity contribution is 5.92. The van der Waals surface area contributed by atoms with Gasteiger partial charge in [0.25, 0.3) is 0 Å². The molecule has 122 valence electrons. The first-order chi connectivity index (χ1) is 10.7. The maximum Gasteiger partial charge on any atom is 0.358 e. The average Bonchev–Trinajstić information content (AvgIpc) is 2.88. The third-order valence-corrected chi connectivity index (χ3v) is 3.50. The summed E-state index contributed by atoms with van der Waals surface area (Å²) >= 11 is 0. The predicted octanol–water partition coefficient (Wildman–Crippen LogP) is 2.42. The highest BCUT2D eigenvalue weighted by Crippen LogP contribution is 2.27. The van der Waals surface area contributed by atoms with Crippen molar-refractivity contribution in [2.24, 2.45) is 0 Å². The van der Waals surface area contributed by atoms with Gasteiger partial charge in [-0.25, -0.2) is 9.48 Å². The molecule has 0 radical (unpaired) electrons. The van der Waals surface area contributed by atoms with Gasteiger partial charge in [-0.05, 0) is 11.0 Å². The van der Waals surface area contributed by atoms with E-state index in [0.717, 1.165) is 5.56 Å². The number of carboxylic acid groups (broad SMARTS) is 2. The molecule has 0 unspecified atom stereocenters. The fourth-order valence-corrected chi connectivity index (χ4v) is 2.23. The molecule has 0 amide bonds. The normalized spacial score (nSPS) is 11.4. The zero-order valence-corrected chi connectivity index (χ0v) is 13.3. The maximum absolute atomic E-state index is 11.3. The summed E-state index contributed by atoms with van der Waals surface area (Å²) in [5.74, 6) is -2.17. The fraction of sp³-hybridized carbons (Fsp3) is 0.375. The molecule has 0 bridgehead atoms. The zero-order valence-electron chi connectivity index (χ0n) is 13.3. The largest absolute Gasteiger partial charge is 0.481 e. The monoisotopic (exact) mass is 317 g/mol. The number of aromatic nitrogens is 3. The van der Waals surface area contributed by atoms with E-state index < -0.39 is 11.9 Å². The number of aryl methyl sites for hydroxylation is 1. The number of rotatable bonds is 5. The molecule has 7 nitrogen and oxygen atoms in total. The molecule has 0 saturated carbocycles. The molecule has 0 aliphatic rings. The molecular weight excluding hydrogens is 298 g/mol. The first kappa shape index (κ1) is 16.7. The predicted molar refractivity (Wildman–Crippen MR) is 83.4 cm³/mol. The lowest BCUT2D eigenvalue weighted by atomic mass is 9.86. The maximum atomic E-state index is 11.3.